The van der Waals surface area contributed by atoms with Gasteiger partial charge in [0.25, 0.3) is 0 Å². The number of nitrogens with one attached hydrogen (secondary N) is 1. The van der Waals surface area contributed by atoms with Gasteiger partial charge in [0.15, 0.2) is 0 Å². The maximum absolute atomic E-state index is 9.83. The van der Waals surface area contributed by atoms with E-state index in [1.54, 1.807) is 12.1 Å². The third kappa shape index (κ3) is 4.04. The van der Waals surface area contributed by atoms with Crippen LogP contribution in [0, 0.1) is 11.3 Å². The average molecular weight is 290 g/mol. The summed E-state index contributed by atoms with van der Waals surface area (Å²) in [5, 5.41) is 14.0. The van der Waals surface area contributed by atoms with Crippen LogP contribution in [0.25, 0.3) is 0 Å². The molecule has 1 aromatic carbocycles. The molecule has 0 saturated carbocycles. The van der Waals surface area contributed by atoms with Gasteiger partial charge in [0.1, 0.15) is 5.75 Å². The van der Waals surface area contributed by atoms with Gasteiger partial charge in [-0.1, -0.05) is 50.9 Å². The molecule has 0 fully saturated rings. The lowest BCUT2D eigenvalue weighted by molar-refractivity contribution is 0.237. The number of aromatic hydroxyl groups is 1. The van der Waals surface area contributed by atoms with Crippen LogP contribution < -0.4 is 5.32 Å². The van der Waals surface area contributed by atoms with Crippen molar-refractivity contribution in [1.29, 1.82) is 0 Å². The number of phenolic OH excluding ortho intramolecular Hbond substituents is 1. The van der Waals surface area contributed by atoms with Crippen molar-refractivity contribution in [3.05, 3.63) is 27.7 Å². The zero-order valence-corrected chi connectivity index (χ0v) is 12.9. The molecule has 0 aliphatic rings. The summed E-state index contributed by atoms with van der Waals surface area (Å²) in [6.07, 6.45) is 0. The molecule has 0 heterocycles. The molecule has 0 bridgehead atoms. The van der Waals surface area contributed by atoms with E-state index in [9.17, 15) is 5.11 Å². The minimum atomic E-state index is 0.107. The molecular weight excluding hydrogens is 269 g/mol. The van der Waals surface area contributed by atoms with Gasteiger partial charge < -0.3 is 10.4 Å². The fourth-order valence-corrected chi connectivity index (χ4v) is 2.01. The Labute approximate surface area is 119 Å². The molecule has 0 unspecified atom stereocenters. The summed E-state index contributed by atoms with van der Waals surface area (Å²) in [4.78, 5) is 0. The van der Waals surface area contributed by atoms with E-state index in [0.717, 1.165) is 12.1 Å². The highest BCUT2D eigenvalue weighted by Crippen LogP contribution is 2.31. The van der Waals surface area contributed by atoms with Crippen molar-refractivity contribution < 1.29 is 5.11 Å². The number of rotatable bonds is 5. The van der Waals surface area contributed by atoms with E-state index in [1.165, 1.54) is 0 Å². The first kappa shape index (κ1) is 15.6. The quantitative estimate of drug-likeness (QED) is 0.838. The Balaban J connectivity index is 2.65. The highest BCUT2D eigenvalue weighted by Gasteiger charge is 2.21. The molecule has 1 aromatic rings. The van der Waals surface area contributed by atoms with E-state index in [2.05, 4.69) is 33.0 Å². The molecule has 102 valence electrons. The van der Waals surface area contributed by atoms with Crippen LogP contribution in [0.4, 0.5) is 0 Å². The largest absolute Gasteiger partial charge is 0.506 e. The summed E-state index contributed by atoms with van der Waals surface area (Å²) in [6.45, 7) is 10.3. The third-order valence-corrected chi connectivity index (χ3v) is 4.07. The minimum absolute atomic E-state index is 0.107. The molecule has 0 saturated heterocycles. The molecule has 0 aromatic heterocycles. The normalized spacial score (nSPS) is 12.2. The van der Waals surface area contributed by atoms with Gasteiger partial charge in [-0.25, -0.2) is 0 Å². The van der Waals surface area contributed by atoms with E-state index in [-0.39, 0.29) is 11.2 Å². The van der Waals surface area contributed by atoms with Gasteiger partial charge in [-0.15, -0.1) is 0 Å². The van der Waals surface area contributed by atoms with Gasteiger partial charge in [-0.05, 0) is 23.5 Å². The lowest BCUT2D eigenvalue weighted by Crippen LogP contribution is -2.33. The van der Waals surface area contributed by atoms with E-state index < -0.39 is 0 Å². The summed E-state index contributed by atoms with van der Waals surface area (Å²) in [5.74, 6) is 0.692. The van der Waals surface area contributed by atoms with Crippen molar-refractivity contribution in [2.24, 2.45) is 11.3 Å². The molecule has 0 spiro atoms. The average Bonchev–Trinajstić information content (AvgIpc) is 2.24. The highest BCUT2D eigenvalue weighted by molar-refractivity contribution is 6.35. The zero-order chi connectivity index (χ0) is 13.9. The van der Waals surface area contributed by atoms with Gasteiger partial charge in [-0.3, -0.25) is 0 Å². The second kappa shape index (κ2) is 6.14. The van der Waals surface area contributed by atoms with Crippen LogP contribution >= 0.6 is 23.2 Å². The highest BCUT2D eigenvalue weighted by atomic mass is 35.5. The van der Waals surface area contributed by atoms with Gasteiger partial charge in [0.2, 0.25) is 0 Å². The first-order chi connectivity index (χ1) is 8.24. The molecule has 2 nitrogen and oxygen atoms in total. The molecule has 2 N–H and O–H groups in total. The fraction of sp³-hybridized carbons (Fsp3) is 0.571. The minimum Gasteiger partial charge on any atom is -0.506 e. The standard InChI is InChI=1S/C14H21Cl2NO/c1-9(2)14(3,4)8-17-7-10-5-11(15)6-12(16)13(10)18/h5-6,9,17-18H,7-8H2,1-4H3. The summed E-state index contributed by atoms with van der Waals surface area (Å²) in [6, 6.07) is 3.28. The number of phenols is 1. The monoisotopic (exact) mass is 289 g/mol. The van der Waals surface area contributed by atoms with Crippen LogP contribution in [0.15, 0.2) is 12.1 Å². The Morgan fingerprint density at radius 1 is 1.28 bits per heavy atom. The first-order valence-electron chi connectivity index (χ1n) is 6.11. The summed E-state index contributed by atoms with van der Waals surface area (Å²) in [7, 11) is 0. The van der Waals surface area contributed by atoms with Crippen LogP contribution in [-0.2, 0) is 6.54 Å². The maximum Gasteiger partial charge on any atom is 0.138 e. The number of halogens is 2. The van der Waals surface area contributed by atoms with Crippen molar-refractivity contribution in [3.63, 3.8) is 0 Å². The maximum atomic E-state index is 9.83. The SMILES string of the molecule is CC(C)C(C)(C)CNCc1cc(Cl)cc(Cl)c1O. The first-order valence-corrected chi connectivity index (χ1v) is 6.87. The lowest BCUT2D eigenvalue weighted by atomic mass is 9.81. The molecule has 0 amide bonds. The topological polar surface area (TPSA) is 32.3 Å². The summed E-state index contributed by atoms with van der Waals surface area (Å²) < 4.78 is 0. The molecule has 18 heavy (non-hydrogen) atoms. The Morgan fingerprint density at radius 2 is 1.89 bits per heavy atom. The zero-order valence-electron chi connectivity index (χ0n) is 11.3. The Hall–Kier alpha value is -0.440. The van der Waals surface area contributed by atoms with Crippen LogP contribution in [0.3, 0.4) is 0 Å². The van der Waals surface area contributed by atoms with E-state index in [0.29, 0.717) is 22.5 Å². The van der Waals surface area contributed by atoms with Crippen LogP contribution in [-0.4, -0.2) is 11.7 Å². The van der Waals surface area contributed by atoms with Crippen LogP contribution in [0.2, 0.25) is 10.0 Å². The molecular formula is C14H21Cl2NO. The van der Waals surface area contributed by atoms with Gasteiger partial charge in [0.05, 0.1) is 5.02 Å². The van der Waals surface area contributed by atoms with Crippen molar-refractivity contribution >= 4 is 23.2 Å². The summed E-state index contributed by atoms with van der Waals surface area (Å²) >= 11 is 11.8. The Morgan fingerprint density at radius 3 is 2.44 bits per heavy atom. The van der Waals surface area contributed by atoms with E-state index in [4.69, 9.17) is 23.2 Å². The number of hydrogen-bond donors (Lipinski definition) is 2. The molecule has 4 heteroatoms. The van der Waals surface area contributed by atoms with E-state index >= 15 is 0 Å². The van der Waals surface area contributed by atoms with Crippen molar-refractivity contribution in [2.75, 3.05) is 6.54 Å². The van der Waals surface area contributed by atoms with Crippen molar-refractivity contribution in [1.82, 2.24) is 5.32 Å². The molecule has 1 rings (SSSR count). The number of hydrogen-bond acceptors (Lipinski definition) is 2. The third-order valence-electron chi connectivity index (χ3n) is 3.57. The van der Waals surface area contributed by atoms with Gasteiger partial charge >= 0.3 is 0 Å². The molecule has 0 aliphatic carbocycles. The Bertz CT molecular complexity index is 417. The fourth-order valence-electron chi connectivity index (χ4n) is 1.48. The molecule has 0 radical (unpaired) electrons. The molecule has 0 atom stereocenters. The van der Waals surface area contributed by atoms with Crippen molar-refractivity contribution in [2.45, 2.75) is 34.2 Å². The van der Waals surface area contributed by atoms with Crippen molar-refractivity contribution in [3.8, 4) is 5.75 Å². The van der Waals surface area contributed by atoms with Crippen LogP contribution in [0.5, 0.6) is 5.75 Å². The predicted octanol–water partition coefficient (Wildman–Crippen LogP) is 4.47. The van der Waals surface area contributed by atoms with Crippen LogP contribution in [0.1, 0.15) is 33.3 Å². The Kier molecular flexibility index (Phi) is 5.32. The van der Waals surface area contributed by atoms with E-state index in [1.807, 2.05) is 0 Å². The second-order valence-corrected chi connectivity index (χ2v) is 6.49. The lowest BCUT2D eigenvalue weighted by Gasteiger charge is -2.29. The second-order valence-electron chi connectivity index (χ2n) is 5.64. The van der Waals surface area contributed by atoms with Gasteiger partial charge in [0, 0.05) is 23.7 Å². The molecule has 0 aliphatic heterocycles. The summed E-state index contributed by atoms with van der Waals surface area (Å²) in [5.41, 5.74) is 0.935. The smallest absolute Gasteiger partial charge is 0.138 e. The predicted molar refractivity (Wildman–Crippen MR) is 78.5 cm³/mol. The number of benzene rings is 1. The van der Waals surface area contributed by atoms with Gasteiger partial charge in [-0.2, -0.15) is 0 Å².